The van der Waals surface area contributed by atoms with Crippen LogP contribution in [0.2, 0.25) is 0 Å². The molecule has 0 aliphatic carbocycles. The van der Waals surface area contributed by atoms with Crippen LogP contribution in [0.1, 0.15) is 58.8 Å². The van der Waals surface area contributed by atoms with Gasteiger partial charge in [0.1, 0.15) is 0 Å². The second-order valence-electron chi connectivity index (χ2n) is 6.08. The number of carboxylic acid groups (broad SMARTS) is 1. The zero-order valence-electron chi connectivity index (χ0n) is 15.1. The Bertz CT molecular complexity index is 579. The monoisotopic (exact) mass is 405 g/mol. The average Bonchev–Trinajstić information content (AvgIpc) is 2.50. The second kappa shape index (κ2) is 10.2. The molecule has 0 atom stereocenters. The lowest BCUT2D eigenvalue weighted by molar-refractivity contribution is -0.259. The minimum atomic E-state index is -5.05. The zero-order chi connectivity index (χ0) is 20.6. The summed E-state index contributed by atoms with van der Waals surface area (Å²) in [6.07, 6.45) is 2.33. The molecule has 1 N–H and O–H groups in total. The van der Waals surface area contributed by atoms with Crippen LogP contribution in [0.15, 0.2) is 12.2 Å². The third-order valence-electron chi connectivity index (χ3n) is 3.87. The summed E-state index contributed by atoms with van der Waals surface area (Å²) < 4.78 is 80.0. The first-order valence-electron chi connectivity index (χ1n) is 8.50. The second-order valence-corrected chi connectivity index (χ2v) is 8.09. The van der Waals surface area contributed by atoms with E-state index in [4.69, 9.17) is 5.11 Å². The van der Waals surface area contributed by atoms with Crippen molar-refractivity contribution in [2.75, 3.05) is 12.3 Å². The van der Waals surface area contributed by atoms with E-state index >= 15 is 0 Å². The number of carboxylic acids is 1. The van der Waals surface area contributed by atoms with Crippen LogP contribution in [0.3, 0.4) is 0 Å². The molecule has 0 aromatic rings. The predicted octanol–water partition coefficient (Wildman–Crippen LogP) is 4.26. The number of halogens is 4. The van der Waals surface area contributed by atoms with Gasteiger partial charge >= 0.3 is 17.9 Å². The standard InChI is InChI=1S/C16H27F4NO4S/c1-4-6-7-8-9-10-11-26(24,25)21(5-2)16(19,20)15(17,18)12-13(3)14(22)23/h3-12H2,1-2H3,(H,22,23). The summed E-state index contributed by atoms with van der Waals surface area (Å²) in [6.45, 7) is 4.97. The molecule has 0 fully saturated rings. The zero-order valence-corrected chi connectivity index (χ0v) is 15.9. The van der Waals surface area contributed by atoms with Crippen LogP contribution in [-0.2, 0) is 14.8 Å². The van der Waals surface area contributed by atoms with Crippen molar-refractivity contribution in [3.05, 3.63) is 12.2 Å². The van der Waals surface area contributed by atoms with E-state index in [-0.39, 0.29) is 6.42 Å². The first-order chi connectivity index (χ1) is 11.8. The highest BCUT2D eigenvalue weighted by Gasteiger charge is 2.63. The van der Waals surface area contributed by atoms with E-state index in [1.807, 2.05) is 6.92 Å². The van der Waals surface area contributed by atoms with E-state index in [1.54, 1.807) is 0 Å². The Hall–Kier alpha value is -1.16. The molecule has 10 heteroatoms. The van der Waals surface area contributed by atoms with Crippen LogP contribution in [0.5, 0.6) is 0 Å². The molecule has 0 saturated carbocycles. The lowest BCUT2D eigenvalue weighted by Crippen LogP contribution is -2.57. The molecule has 154 valence electrons. The van der Waals surface area contributed by atoms with Gasteiger partial charge in [-0.05, 0) is 6.42 Å². The topological polar surface area (TPSA) is 74.7 Å². The highest BCUT2D eigenvalue weighted by molar-refractivity contribution is 7.89. The van der Waals surface area contributed by atoms with Gasteiger partial charge < -0.3 is 5.11 Å². The maximum absolute atomic E-state index is 14.2. The number of alkyl halides is 4. The Kier molecular flexibility index (Phi) is 9.79. The molecular formula is C16H27F4NO4S. The molecule has 0 unspecified atom stereocenters. The van der Waals surface area contributed by atoms with Crippen LogP contribution < -0.4 is 0 Å². The van der Waals surface area contributed by atoms with Crippen molar-refractivity contribution in [2.45, 2.75) is 70.8 Å². The van der Waals surface area contributed by atoms with Crippen molar-refractivity contribution in [3.8, 4) is 0 Å². The lowest BCUT2D eigenvalue weighted by atomic mass is 10.1. The molecule has 0 heterocycles. The number of hydrogen-bond acceptors (Lipinski definition) is 3. The number of sulfonamides is 1. The number of nitrogens with zero attached hydrogens (tertiary/aromatic N) is 1. The van der Waals surface area contributed by atoms with Crippen molar-refractivity contribution >= 4 is 16.0 Å². The molecule has 0 aromatic heterocycles. The van der Waals surface area contributed by atoms with E-state index in [2.05, 4.69) is 6.58 Å². The Balaban J connectivity index is 5.13. The Morgan fingerprint density at radius 2 is 1.54 bits per heavy atom. The van der Waals surface area contributed by atoms with Crippen molar-refractivity contribution in [1.29, 1.82) is 0 Å². The SMILES string of the molecule is C=C(CC(F)(F)C(F)(F)N(CC)S(=O)(=O)CCCCCCCC)C(=O)O. The molecule has 0 aromatic carbocycles. The summed E-state index contributed by atoms with van der Waals surface area (Å²) in [4.78, 5) is 10.6. The average molecular weight is 405 g/mol. The van der Waals surface area contributed by atoms with Crippen molar-refractivity contribution < 1.29 is 35.9 Å². The fraction of sp³-hybridized carbons (Fsp3) is 0.812. The largest absolute Gasteiger partial charge is 0.478 e. The highest BCUT2D eigenvalue weighted by atomic mass is 32.2. The van der Waals surface area contributed by atoms with E-state index in [1.165, 1.54) is 0 Å². The van der Waals surface area contributed by atoms with E-state index in [0.717, 1.165) is 32.6 Å². The quantitative estimate of drug-likeness (QED) is 0.203. The van der Waals surface area contributed by atoms with Gasteiger partial charge in [0.05, 0.1) is 12.2 Å². The van der Waals surface area contributed by atoms with Crippen LogP contribution in [-0.4, -0.2) is 48.1 Å². The number of hydrogen-bond donors (Lipinski definition) is 1. The molecule has 0 amide bonds. The Morgan fingerprint density at radius 3 is 2.00 bits per heavy atom. The summed E-state index contributed by atoms with van der Waals surface area (Å²) in [5.41, 5.74) is -1.13. The molecule has 0 radical (unpaired) electrons. The maximum Gasteiger partial charge on any atom is 0.380 e. The molecule has 0 rings (SSSR count). The minimum Gasteiger partial charge on any atom is -0.478 e. The van der Waals surface area contributed by atoms with Crippen LogP contribution >= 0.6 is 0 Å². The van der Waals surface area contributed by atoms with Crippen LogP contribution in [0.4, 0.5) is 17.6 Å². The van der Waals surface area contributed by atoms with Gasteiger partial charge in [-0.2, -0.15) is 17.6 Å². The lowest BCUT2D eigenvalue weighted by Gasteiger charge is -2.34. The van der Waals surface area contributed by atoms with Gasteiger partial charge in [-0.1, -0.05) is 52.5 Å². The van der Waals surface area contributed by atoms with Crippen LogP contribution in [0, 0.1) is 0 Å². The molecule has 0 aliphatic rings. The van der Waals surface area contributed by atoms with Crippen molar-refractivity contribution in [1.82, 2.24) is 4.31 Å². The fourth-order valence-corrected chi connectivity index (χ4v) is 4.04. The third-order valence-corrected chi connectivity index (χ3v) is 5.83. The molecule has 0 saturated heterocycles. The normalized spacial score (nSPS) is 13.2. The van der Waals surface area contributed by atoms with E-state index in [9.17, 15) is 30.8 Å². The van der Waals surface area contributed by atoms with E-state index in [0.29, 0.717) is 6.42 Å². The summed E-state index contributed by atoms with van der Waals surface area (Å²) >= 11 is 0. The van der Waals surface area contributed by atoms with Gasteiger partial charge in [-0.25, -0.2) is 13.2 Å². The summed E-state index contributed by atoms with van der Waals surface area (Å²) in [6, 6.07) is -5.05. The van der Waals surface area contributed by atoms with Gasteiger partial charge in [-0.15, -0.1) is 4.31 Å². The van der Waals surface area contributed by atoms with Gasteiger partial charge in [0.25, 0.3) is 0 Å². The molecular weight excluding hydrogens is 378 g/mol. The van der Waals surface area contributed by atoms with Crippen molar-refractivity contribution in [2.24, 2.45) is 0 Å². The maximum atomic E-state index is 14.2. The summed E-state index contributed by atoms with van der Waals surface area (Å²) in [5.74, 6) is -7.41. The van der Waals surface area contributed by atoms with Crippen LogP contribution in [0.25, 0.3) is 0 Å². The summed E-state index contributed by atoms with van der Waals surface area (Å²) in [5, 5.41) is 8.56. The molecule has 26 heavy (non-hydrogen) atoms. The Labute approximate surface area is 152 Å². The predicted molar refractivity (Wildman–Crippen MR) is 90.8 cm³/mol. The van der Waals surface area contributed by atoms with Gasteiger partial charge in [0.15, 0.2) is 0 Å². The van der Waals surface area contributed by atoms with E-state index < -0.39 is 56.6 Å². The molecule has 0 spiro atoms. The summed E-state index contributed by atoms with van der Waals surface area (Å²) in [7, 11) is -4.64. The smallest absolute Gasteiger partial charge is 0.380 e. The highest BCUT2D eigenvalue weighted by Crippen LogP contribution is 2.42. The van der Waals surface area contributed by atoms with Gasteiger partial charge in [0, 0.05) is 12.1 Å². The minimum absolute atomic E-state index is 0.0893. The Morgan fingerprint density at radius 1 is 1.04 bits per heavy atom. The number of unbranched alkanes of at least 4 members (excludes halogenated alkanes) is 5. The number of carbonyl (C=O) groups is 1. The molecule has 0 bridgehead atoms. The van der Waals surface area contributed by atoms with Crippen molar-refractivity contribution in [3.63, 3.8) is 0 Å². The number of aliphatic carboxylic acids is 1. The first kappa shape index (κ1) is 24.8. The van der Waals surface area contributed by atoms with Gasteiger partial charge in [-0.3, -0.25) is 0 Å². The fourth-order valence-electron chi connectivity index (χ4n) is 2.38. The third kappa shape index (κ3) is 6.86. The first-order valence-corrected chi connectivity index (χ1v) is 10.1. The molecule has 5 nitrogen and oxygen atoms in total. The van der Waals surface area contributed by atoms with Gasteiger partial charge in [0.2, 0.25) is 10.0 Å². The molecule has 0 aliphatic heterocycles. The number of rotatable bonds is 14.